The van der Waals surface area contributed by atoms with E-state index < -0.39 is 10.0 Å². The number of rotatable bonds is 6. The number of amides is 1. The van der Waals surface area contributed by atoms with Crippen LogP contribution in [-0.2, 0) is 14.8 Å². The number of nitrogens with one attached hydrogen (secondary N) is 2. The molecule has 0 spiro atoms. The van der Waals surface area contributed by atoms with Crippen molar-refractivity contribution in [3.8, 4) is 0 Å². The molecule has 0 saturated carbocycles. The molecule has 0 unspecified atom stereocenters. The van der Waals surface area contributed by atoms with Crippen LogP contribution < -0.4 is 10.0 Å². The van der Waals surface area contributed by atoms with Gasteiger partial charge in [-0.1, -0.05) is 6.07 Å². The highest BCUT2D eigenvalue weighted by atomic mass is 35.5. The molecule has 1 aromatic rings. The van der Waals surface area contributed by atoms with Crippen LogP contribution in [0, 0.1) is 0 Å². The summed E-state index contributed by atoms with van der Waals surface area (Å²) in [5.41, 5.74) is 0. The first-order chi connectivity index (χ1) is 7.56. The number of halogens is 1. The zero-order chi connectivity index (χ0) is 12.0. The van der Waals surface area contributed by atoms with Gasteiger partial charge in [-0.25, -0.2) is 13.1 Å². The average Bonchev–Trinajstić information content (AvgIpc) is 2.78. The first-order valence-corrected chi connectivity index (χ1v) is 7.32. The predicted molar refractivity (Wildman–Crippen MR) is 63.2 cm³/mol. The third kappa shape index (κ3) is 4.09. The Morgan fingerprint density at radius 3 is 2.75 bits per heavy atom. The summed E-state index contributed by atoms with van der Waals surface area (Å²) in [5, 5.41) is 4.14. The number of hydrogen-bond acceptors (Lipinski definition) is 4. The van der Waals surface area contributed by atoms with E-state index in [1.54, 1.807) is 11.4 Å². The predicted octanol–water partition coefficient (Wildman–Crippen LogP) is 0.381. The summed E-state index contributed by atoms with van der Waals surface area (Å²) in [7, 11) is -3.44. The Balaban J connectivity index is 2.36. The summed E-state index contributed by atoms with van der Waals surface area (Å²) < 4.78 is 25.8. The molecule has 16 heavy (non-hydrogen) atoms. The lowest BCUT2D eigenvalue weighted by atomic mass is 10.6. The van der Waals surface area contributed by atoms with Crippen LogP contribution in [-0.4, -0.2) is 33.3 Å². The van der Waals surface area contributed by atoms with Crippen LogP contribution in [0.4, 0.5) is 0 Å². The zero-order valence-electron chi connectivity index (χ0n) is 8.27. The van der Waals surface area contributed by atoms with Gasteiger partial charge in [0, 0.05) is 13.1 Å². The smallest absolute Gasteiger partial charge is 0.250 e. The van der Waals surface area contributed by atoms with E-state index in [1.165, 1.54) is 6.07 Å². The molecule has 1 rings (SSSR count). The minimum atomic E-state index is -3.44. The Morgan fingerprint density at radius 2 is 2.19 bits per heavy atom. The van der Waals surface area contributed by atoms with Crippen LogP contribution in [0.3, 0.4) is 0 Å². The van der Waals surface area contributed by atoms with E-state index >= 15 is 0 Å². The van der Waals surface area contributed by atoms with Crippen molar-refractivity contribution >= 4 is 38.9 Å². The number of thiophene rings is 1. The van der Waals surface area contributed by atoms with Crippen molar-refractivity contribution < 1.29 is 13.2 Å². The maximum absolute atomic E-state index is 11.6. The summed E-state index contributed by atoms with van der Waals surface area (Å²) in [6.45, 7) is 0.360. The minimum absolute atomic E-state index is 0.127. The molecular weight excluding hydrogens is 272 g/mol. The van der Waals surface area contributed by atoms with E-state index in [1.807, 2.05) is 0 Å². The largest absolute Gasteiger partial charge is 0.354 e. The third-order valence-corrected chi connectivity index (χ3v) is 4.72. The molecule has 90 valence electrons. The van der Waals surface area contributed by atoms with Gasteiger partial charge in [-0.3, -0.25) is 4.79 Å². The maximum atomic E-state index is 11.6. The molecule has 1 aromatic heterocycles. The number of sulfonamides is 1. The number of carbonyl (C=O) groups is 1. The Morgan fingerprint density at radius 1 is 1.44 bits per heavy atom. The molecule has 0 aliphatic rings. The standard InChI is InChI=1S/C8H11ClN2O3S2/c9-6-7(12)10-3-4-11-16(13,14)8-2-1-5-15-8/h1-2,5,11H,3-4,6H2,(H,10,12). The summed E-state index contributed by atoms with van der Waals surface area (Å²) in [5.74, 6) is -0.450. The van der Waals surface area contributed by atoms with Gasteiger partial charge in [0.05, 0.1) is 0 Å². The minimum Gasteiger partial charge on any atom is -0.354 e. The molecule has 0 atom stereocenters. The summed E-state index contributed by atoms with van der Waals surface area (Å²) in [6.07, 6.45) is 0. The SMILES string of the molecule is O=C(CCl)NCCNS(=O)(=O)c1cccs1. The van der Waals surface area contributed by atoms with Crippen molar-refractivity contribution in [2.45, 2.75) is 4.21 Å². The van der Waals surface area contributed by atoms with Gasteiger partial charge < -0.3 is 5.32 Å². The Hall–Kier alpha value is -0.630. The molecule has 0 aliphatic heterocycles. The maximum Gasteiger partial charge on any atom is 0.250 e. The van der Waals surface area contributed by atoms with Gasteiger partial charge in [-0.15, -0.1) is 22.9 Å². The van der Waals surface area contributed by atoms with Gasteiger partial charge >= 0.3 is 0 Å². The second-order valence-electron chi connectivity index (χ2n) is 2.81. The molecule has 5 nitrogen and oxygen atoms in total. The second kappa shape index (κ2) is 6.19. The van der Waals surface area contributed by atoms with Crippen molar-refractivity contribution in [2.75, 3.05) is 19.0 Å². The highest BCUT2D eigenvalue weighted by Crippen LogP contribution is 2.14. The van der Waals surface area contributed by atoms with Crippen LogP contribution in [0.2, 0.25) is 0 Å². The molecule has 0 aromatic carbocycles. The van der Waals surface area contributed by atoms with Gasteiger partial charge in [0.15, 0.2) is 0 Å². The van der Waals surface area contributed by atoms with E-state index in [9.17, 15) is 13.2 Å². The Bertz CT molecular complexity index is 430. The lowest BCUT2D eigenvalue weighted by Crippen LogP contribution is -2.34. The lowest BCUT2D eigenvalue weighted by molar-refractivity contribution is -0.118. The molecular formula is C8H11ClN2O3S2. The molecule has 0 radical (unpaired) electrons. The molecule has 8 heteroatoms. The summed E-state index contributed by atoms with van der Waals surface area (Å²) in [6, 6.07) is 3.18. The Labute approximate surface area is 103 Å². The van der Waals surface area contributed by atoms with E-state index in [2.05, 4.69) is 10.0 Å². The van der Waals surface area contributed by atoms with Crippen LogP contribution in [0.5, 0.6) is 0 Å². The monoisotopic (exact) mass is 282 g/mol. The molecule has 1 amide bonds. The number of carbonyl (C=O) groups excluding carboxylic acids is 1. The summed E-state index contributed by atoms with van der Waals surface area (Å²) in [4.78, 5) is 10.7. The summed E-state index contributed by atoms with van der Waals surface area (Å²) >= 11 is 6.39. The zero-order valence-corrected chi connectivity index (χ0v) is 10.7. The van der Waals surface area contributed by atoms with Gasteiger partial charge in [0.25, 0.3) is 0 Å². The fourth-order valence-electron chi connectivity index (χ4n) is 0.922. The average molecular weight is 283 g/mol. The molecule has 1 heterocycles. The number of alkyl halides is 1. The molecule has 0 saturated heterocycles. The first-order valence-electron chi connectivity index (χ1n) is 4.42. The third-order valence-electron chi connectivity index (χ3n) is 1.62. The lowest BCUT2D eigenvalue weighted by Gasteiger charge is -2.05. The fraction of sp³-hybridized carbons (Fsp3) is 0.375. The quantitative estimate of drug-likeness (QED) is 0.585. The van der Waals surface area contributed by atoms with Gasteiger partial charge in [-0.2, -0.15) is 0 Å². The van der Waals surface area contributed by atoms with Crippen LogP contribution in [0.15, 0.2) is 21.7 Å². The van der Waals surface area contributed by atoms with E-state index in [4.69, 9.17) is 11.6 Å². The van der Waals surface area contributed by atoms with Gasteiger partial charge in [0.2, 0.25) is 15.9 Å². The van der Waals surface area contributed by atoms with E-state index in [0.29, 0.717) is 0 Å². The van der Waals surface area contributed by atoms with E-state index in [-0.39, 0.29) is 29.1 Å². The van der Waals surface area contributed by atoms with Crippen molar-refractivity contribution in [2.24, 2.45) is 0 Å². The highest BCUT2D eigenvalue weighted by molar-refractivity contribution is 7.91. The number of hydrogen-bond donors (Lipinski definition) is 2. The van der Waals surface area contributed by atoms with Gasteiger partial charge in [-0.05, 0) is 11.4 Å². The molecule has 0 aliphatic carbocycles. The van der Waals surface area contributed by atoms with Crippen molar-refractivity contribution in [3.05, 3.63) is 17.5 Å². The van der Waals surface area contributed by atoms with Crippen molar-refractivity contribution in [3.63, 3.8) is 0 Å². The second-order valence-corrected chi connectivity index (χ2v) is 6.02. The van der Waals surface area contributed by atoms with Crippen LogP contribution >= 0.6 is 22.9 Å². The topological polar surface area (TPSA) is 75.3 Å². The first kappa shape index (κ1) is 13.4. The van der Waals surface area contributed by atoms with Crippen molar-refractivity contribution in [1.29, 1.82) is 0 Å². The molecule has 0 fully saturated rings. The van der Waals surface area contributed by atoms with Crippen LogP contribution in [0.25, 0.3) is 0 Å². The van der Waals surface area contributed by atoms with Gasteiger partial charge in [0.1, 0.15) is 10.1 Å². The van der Waals surface area contributed by atoms with Crippen LogP contribution in [0.1, 0.15) is 0 Å². The fourth-order valence-corrected chi connectivity index (χ4v) is 3.09. The normalized spacial score (nSPS) is 11.3. The van der Waals surface area contributed by atoms with Crippen molar-refractivity contribution in [1.82, 2.24) is 10.0 Å². The van der Waals surface area contributed by atoms with E-state index in [0.717, 1.165) is 11.3 Å². The molecule has 0 bridgehead atoms. The molecule has 2 N–H and O–H groups in total. The Kier molecular flexibility index (Phi) is 5.20. The highest BCUT2D eigenvalue weighted by Gasteiger charge is 2.13.